The van der Waals surface area contributed by atoms with Gasteiger partial charge in [0, 0.05) is 16.3 Å². The highest BCUT2D eigenvalue weighted by Crippen LogP contribution is 2.49. The van der Waals surface area contributed by atoms with E-state index in [1.54, 1.807) is 12.1 Å². The molecule has 6 rings (SSSR count). The third-order valence-corrected chi connectivity index (χ3v) is 5.88. The molecule has 0 bridgehead atoms. The van der Waals surface area contributed by atoms with Gasteiger partial charge in [0.15, 0.2) is 0 Å². The average Bonchev–Trinajstić information content (AvgIpc) is 2.83. The number of fused-ring (bicyclic) bond motifs is 7. The lowest BCUT2D eigenvalue weighted by Crippen LogP contribution is -2.22. The van der Waals surface area contributed by atoms with Crippen LogP contribution in [0.25, 0.3) is 32.8 Å². The van der Waals surface area contributed by atoms with E-state index in [1.165, 1.54) is 12.1 Å². The predicted molar refractivity (Wildman–Crippen MR) is 120 cm³/mol. The Balaban J connectivity index is 1.82. The highest BCUT2D eigenvalue weighted by molar-refractivity contribution is 6.11. The molecule has 0 saturated carbocycles. The lowest BCUT2D eigenvalue weighted by atomic mass is 9.81. The lowest BCUT2D eigenvalue weighted by Gasteiger charge is -2.28. The number of aromatic nitrogens is 2. The predicted octanol–water partition coefficient (Wildman–Crippen LogP) is 5.29. The van der Waals surface area contributed by atoms with Crippen molar-refractivity contribution in [2.24, 2.45) is 5.73 Å². The number of nitrogens with two attached hydrogens (primary N) is 1. The molecule has 6 heteroatoms. The van der Waals surface area contributed by atoms with E-state index in [2.05, 4.69) is 6.07 Å². The fourth-order valence-corrected chi connectivity index (χ4v) is 4.45. The summed E-state index contributed by atoms with van der Waals surface area (Å²) in [7, 11) is 0. The van der Waals surface area contributed by atoms with Crippen molar-refractivity contribution in [1.29, 1.82) is 5.26 Å². The van der Waals surface area contributed by atoms with Crippen molar-refractivity contribution in [2.75, 3.05) is 0 Å². The SMILES string of the molecule is N#CC1=C(N)Oc2c(c3nc4ccccc4nc3c3ccccc23)C1c1ccc(F)cc1. The van der Waals surface area contributed by atoms with Gasteiger partial charge in [-0.3, -0.25) is 0 Å². The highest BCUT2D eigenvalue weighted by Gasteiger charge is 2.35. The lowest BCUT2D eigenvalue weighted by molar-refractivity contribution is 0.399. The summed E-state index contributed by atoms with van der Waals surface area (Å²) in [5.41, 5.74) is 10.8. The summed E-state index contributed by atoms with van der Waals surface area (Å²) in [6.45, 7) is 0. The second kappa shape index (κ2) is 6.76. The van der Waals surface area contributed by atoms with E-state index >= 15 is 0 Å². The number of nitriles is 1. The minimum Gasteiger partial charge on any atom is -0.439 e. The van der Waals surface area contributed by atoms with Gasteiger partial charge in [0.2, 0.25) is 5.88 Å². The number of allylic oxidation sites excluding steroid dienone is 1. The first-order valence-corrected chi connectivity index (χ1v) is 10.1. The maximum Gasteiger partial charge on any atom is 0.205 e. The molecule has 2 N–H and O–H groups in total. The fraction of sp³-hybridized carbons (Fsp3) is 0.0385. The van der Waals surface area contributed by atoms with E-state index in [9.17, 15) is 9.65 Å². The molecule has 1 unspecified atom stereocenters. The van der Waals surface area contributed by atoms with Crippen LogP contribution >= 0.6 is 0 Å². The van der Waals surface area contributed by atoms with E-state index < -0.39 is 5.92 Å². The number of rotatable bonds is 1. The molecule has 4 aromatic carbocycles. The zero-order valence-corrected chi connectivity index (χ0v) is 16.7. The van der Waals surface area contributed by atoms with Crippen LogP contribution in [0.3, 0.4) is 0 Å². The molecule has 0 aliphatic carbocycles. The Morgan fingerprint density at radius 1 is 0.844 bits per heavy atom. The van der Waals surface area contributed by atoms with Gasteiger partial charge in [0.1, 0.15) is 23.2 Å². The van der Waals surface area contributed by atoms with Gasteiger partial charge in [-0.05, 0) is 29.8 Å². The first-order chi connectivity index (χ1) is 15.7. The van der Waals surface area contributed by atoms with Gasteiger partial charge < -0.3 is 10.5 Å². The normalized spacial score (nSPS) is 15.6. The van der Waals surface area contributed by atoms with Crippen molar-refractivity contribution < 1.29 is 9.13 Å². The number of para-hydroxylation sites is 2. The van der Waals surface area contributed by atoms with Crippen molar-refractivity contribution in [3.8, 4) is 11.8 Å². The molecule has 0 spiro atoms. The van der Waals surface area contributed by atoms with Gasteiger partial charge in [0.05, 0.1) is 28.0 Å². The molecule has 1 aliphatic rings. The summed E-state index contributed by atoms with van der Waals surface area (Å²) >= 11 is 0. The molecule has 152 valence electrons. The molecule has 0 fully saturated rings. The van der Waals surface area contributed by atoms with Gasteiger partial charge in [-0.2, -0.15) is 5.26 Å². The van der Waals surface area contributed by atoms with E-state index in [-0.39, 0.29) is 17.3 Å². The molecule has 1 aliphatic heterocycles. The second-order valence-electron chi connectivity index (χ2n) is 7.67. The van der Waals surface area contributed by atoms with Gasteiger partial charge in [-0.25, -0.2) is 14.4 Å². The number of halogens is 1. The summed E-state index contributed by atoms with van der Waals surface area (Å²) in [6.07, 6.45) is 0. The van der Waals surface area contributed by atoms with Crippen LogP contribution in [0, 0.1) is 17.1 Å². The average molecular weight is 418 g/mol. The molecule has 0 saturated heterocycles. The highest BCUT2D eigenvalue weighted by atomic mass is 19.1. The Labute approximate surface area is 182 Å². The Bertz CT molecular complexity index is 1630. The summed E-state index contributed by atoms with van der Waals surface area (Å²) < 4.78 is 19.7. The number of hydrogen-bond acceptors (Lipinski definition) is 5. The maximum absolute atomic E-state index is 13.7. The molecule has 5 nitrogen and oxygen atoms in total. The molecule has 1 atom stereocenters. The van der Waals surface area contributed by atoms with Crippen LogP contribution in [0.5, 0.6) is 5.75 Å². The molecule has 2 heterocycles. The van der Waals surface area contributed by atoms with Crippen LogP contribution < -0.4 is 10.5 Å². The minimum absolute atomic E-state index is 0.0348. The van der Waals surface area contributed by atoms with Crippen LogP contribution in [-0.2, 0) is 0 Å². The monoisotopic (exact) mass is 418 g/mol. The number of ether oxygens (including phenoxy) is 1. The zero-order chi connectivity index (χ0) is 21.8. The van der Waals surface area contributed by atoms with Gasteiger partial charge >= 0.3 is 0 Å². The summed E-state index contributed by atoms with van der Waals surface area (Å²) in [6, 6.07) is 23.7. The van der Waals surface area contributed by atoms with Crippen LogP contribution in [0.2, 0.25) is 0 Å². The summed E-state index contributed by atoms with van der Waals surface area (Å²) in [5, 5.41) is 11.7. The summed E-state index contributed by atoms with van der Waals surface area (Å²) in [5.74, 6) is -0.339. The molecule has 0 amide bonds. The van der Waals surface area contributed by atoms with E-state index in [0.29, 0.717) is 22.3 Å². The van der Waals surface area contributed by atoms with E-state index in [1.807, 2.05) is 48.5 Å². The van der Waals surface area contributed by atoms with Gasteiger partial charge in [-0.15, -0.1) is 0 Å². The fourth-order valence-electron chi connectivity index (χ4n) is 4.45. The van der Waals surface area contributed by atoms with E-state index in [4.69, 9.17) is 20.4 Å². The largest absolute Gasteiger partial charge is 0.439 e. The first-order valence-electron chi connectivity index (χ1n) is 10.1. The Kier molecular flexibility index (Phi) is 3.86. The van der Waals surface area contributed by atoms with Crippen molar-refractivity contribution in [1.82, 2.24) is 9.97 Å². The third kappa shape index (κ3) is 2.55. The van der Waals surface area contributed by atoms with Crippen LogP contribution in [-0.4, -0.2) is 9.97 Å². The summed E-state index contributed by atoms with van der Waals surface area (Å²) in [4.78, 5) is 9.86. The molecule has 1 aromatic heterocycles. The Morgan fingerprint density at radius 3 is 2.16 bits per heavy atom. The van der Waals surface area contributed by atoms with Crippen LogP contribution in [0.15, 0.2) is 84.3 Å². The van der Waals surface area contributed by atoms with Crippen LogP contribution in [0.4, 0.5) is 4.39 Å². The molecule has 32 heavy (non-hydrogen) atoms. The van der Waals surface area contributed by atoms with Crippen molar-refractivity contribution in [3.05, 3.63) is 101 Å². The number of benzene rings is 4. The zero-order valence-electron chi connectivity index (χ0n) is 16.7. The topological polar surface area (TPSA) is 84.8 Å². The van der Waals surface area contributed by atoms with Crippen molar-refractivity contribution >= 4 is 32.8 Å². The third-order valence-electron chi connectivity index (χ3n) is 5.88. The minimum atomic E-state index is -0.563. The van der Waals surface area contributed by atoms with Gasteiger partial charge in [-0.1, -0.05) is 48.5 Å². The standard InChI is InChI=1S/C26H15FN4O/c27-15-11-9-14(10-12-15)21-18(13-28)26(29)32-25-17-6-2-1-5-16(17)23-24(22(21)25)31-20-8-4-3-7-19(20)30-23/h1-12,21H,29H2. The molecular formula is C26H15FN4O. The van der Waals surface area contributed by atoms with Crippen LogP contribution in [0.1, 0.15) is 17.0 Å². The molecule has 5 aromatic rings. The Morgan fingerprint density at radius 2 is 1.47 bits per heavy atom. The number of nitrogens with zero attached hydrogens (tertiary/aromatic N) is 3. The maximum atomic E-state index is 13.7. The first kappa shape index (κ1) is 18.3. The smallest absolute Gasteiger partial charge is 0.205 e. The number of hydrogen-bond donors (Lipinski definition) is 1. The van der Waals surface area contributed by atoms with Crippen molar-refractivity contribution in [2.45, 2.75) is 5.92 Å². The quantitative estimate of drug-likeness (QED) is 0.295. The second-order valence-corrected chi connectivity index (χ2v) is 7.67. The van der Waals surface area contributed by atoms with Gasteiger partial charge in [0.25, 0.3) is 0 Å². The van der Waals surface area contributed by atoms with E-state index in [0.717, 1.165) is 27.4 Å². The van der Waals surface area contributed by atoms with Crippen molar-refractivity contribution in [3.63, 3.8) is 0 Å². The molecule has 0 radical (unpaired) electrons. The Hall–Kier alpha value is -4.50. The molecular weight excluding hydrogens is 403 g/mol.